The number of aromatic nitrogens is 1. The molecule has 0 aliphatic rings. The van der Waals surface area contributed by atoms with Crippen LogP contribution in [0.1, 0.15) is 5.56 Å². The molecule has 6 rings (SSSR count). The number of para-hydroxylation sites is 1. The van der Waals surface area contributed by atoms with E-state index in [0.29, 0.717) is 22.4 Å². The second kappa shape index (κ2) is 9.95. The van der Waals surface area contributed by atoms with E-state index in [1.807, 2.05) is 91.0 Å². The van der Waals surface area contributed by atoms with Crippen molar-refractivity contribution in [2.45, 2.75) is 16.3 Å². The molecular formula is C31H21NO5S. The number of rotatable bonds is 6. The Morgan fingerprint density at radius 3 is 2.16 bits per heavy atom. The lowest BCUT2D eigenvalue weighted by Crippen LogP contribution is -2.23. The Morgan fingerprint density at radius 1 is 0.789 bits per heavy atom. The van der Waals surface area contributed by atoms with Gasteiger partial charge in [-0.1, -0.05) is 78.5 Å². The van der Waals surface area contributed by atoms with Crippen LogP contribution in [0.5, 0.6) is 17.2 Å². The molecule has 0 fully saturated rings. The molecule has 186 valence electrons. The zero-order valence-electron chi connectivity index (χ0n) is 20.0. The van der Waals surface area contributed by atoms with Crippen molar-refractivity contribution in [1.29, 1.82) is 0 Å². The molecule has 0 saturated heterocycles. The van der Waals surface area contributed by atoms with E-state index in [1.165, 1.54) is 0 Å². The maximum Gasteiger partial charge on any atom is 0.354 e. The fourth-order valence-electron chi connectivity index (χ4n) is 4.37. The summed E-state index contributed by atoms with van der Waals surface area (Å²) in [7, 11) is 0. The van der Waals surface area contributed by atoms with Gasteiger partial charge in [0.05, 0.1) is 12.1 Å². The summed E-state index contributed by atoms with van der Waals surface area (Å²) >= 11 is 1.06. The van der Waals surface area contributed by atoms with Crippen molar-refractivity contribution in [3.8, 4) is 17.2 Å². The SMILES string of the molecule is O=c1oc2c(c(O)c1Sc1ccccc1)c(=O)n(Cc1ccccc1)c1cc(Oc3ccccc3)ccc21. The maximum atomic E-state index is 13.9. The average molecular weight is 520 g/mol. The molecule has 0 unspecified atom stereocenters. The first kappa shape index (κ1) is 23.6. The molecule has 1 N–H and O–H groups in total. The van der Waals surface area contributed by atoms with Gasteiger partial charge in [0.25, 0.3) is 5.56 Å². The highest BCUT2D eigenvalue weighted by Crippen LogP contribution is 2.38. The van der Waals surface area contributed by atoms with E-state index in [-0.39, 0.29) is 28.2 Å². The lowest BCUT2D eigenvalue weighted by molar-refractivity contribution is 0.446. The summed E-state index contributed by atoms with van der Waals surface area (Å²) < 4.78 is 13.3. The molecule has 0 aliphatic heterocycles. The van der Waals surface area contributed by atoms with Crippen LogP contribution in [0.2, 0.25) is 0 Å². The number of ether oxygens (including phenoxy) is 1. The van der Waals surface area contributed by atoms with Crippen molar-refractivity contribution < 1.29 is 14.3 Å². The van der Waals surface area contributed by atoms with Crippen molar-refractivity contribution in [1.82, 2.24) is 4.57 Å². The van der Waals surface area contributed by atoms with E-state index in [0.717, 1.165) is 22.2 Å². The minimum absolute atomic E-state index is 0.0320. The van der Waals surface area contributed by atoms with Gasteiger partial charge in [0.2, 0.25) is 0 Å². The normalized spacial score (nSPS) is 11.2. The van der Waals surface area contributed by atoms with Crippen molar-refractivity contribution in [2.24, 2.45) is 0 Å². The van der Waals surface area contributed by atoms with E-state index in [1.54, 1.807) is 22.8 Å². The molecule has 0 radical (unpaired) electrons. The molecule has 2 aromatic heterocycles. The molecular weight excluding hydrogens is 498 g/mol. The molecule has 2 heterocycles. The van der Waals surface area contributed by atoms with Gasteiger partial charge < -0.3 is 18.8 Å². The van der Waals surface area contributed by atoms with Crippen LogP contribution in [0.15, 0.2) is 133 Å². The van der Waals surface area contributed by atoms with Gasteiger partial charge in [0.1, 0.15) is 21.8 Å². The average Bonchev–Trinajstić information content (AvgIpc) is 2.95. The standard InChI is InChI=1S/C31H21NO5S/c33-27-26-28(37-31(35)29(27)38-23-14-8-3-9-15-23)24-17-16-22(36-21-12-6-2-7-13-21)18-25(24)32(30(26)34)19-20-10-4-1-5-11-20/h1-18,33H,19H2. The van der Waals surface area contributed by atoms with Gasteiger partial charge in [0, 0.05) is 16.3 Å². The summed E-state index contributed by atoms with van der Waals surface area (Å²) in [5.74, 6) is 0.784. The van der Waals surface area contributed by atoms with Crippen LogP contribution in [-0.4, -0.2) is 9.67 Å². The van der Waals surface area contributed by atoms with Crippen molar-refractivity contribution >= 4 is 33.6 Å². The quantitative estimate of drug-likeness (QED) is 0.244. The van der Waals surface area contributed by atoms with Crippen molar-refractivity contribution in [2.75, 3.05) is 0 Å². The van der Waals surface area contributed by atoms with Gasteiger partial charge in [-0.2, -0.15) is 0 Å². The Hall–Kier alpha value is -4.75. The minimum atomic E-state index is -0.713. The summed E-state index contributed by atoms with van der Waals surface area (Å²) in [6, 6.07) is 33.3. The topological polar surface area (TPSA) is 81.7 Å². The lowest BCUT2D eigenvalue weighted by atomic mass is 10.1. The Balaban J connectivity index is 1.59. The molecule has 6 aromatic rings. The molecule has 7 heteroatoms. The number of aromatic hydroxyl groups is 1. The number of nitrogens with zero attached hydrogens (tertiary/aromatic N) is 1. The van der Waals surface area contributed by atoms with Crippen LogP contribution < -0.4 is 15.9 Å². The summed E-state index contributed by atoms with van der Waals surface area (Å²) in [5, 5.41) is 11.7. The Labute approximate surface area is 221 Å². The summed E-state index contributed by atoms with van der Waals surface area (Å²) in [6.07, 6.45) is 0. The Morgan fingerprint density at radius 2 is 1.45 bits per heavy atom. The fourth-order valence-corrected chi connectivity index (χ4v) is 5.23. The van der Waals surface area contributed by atoms with Crippen LogP contribution in [0.4, 0.5) is 0 Å². The predicted molar refractivity (Wildman–Crippen MR) is 149 cm³/mol. The van der Waals surface area contributed by atoms with Gasteiger partial charge >= 0.3 is 5.63 Å². The third kappa shape index (κ3) is 4.44. The highest BCUT2D eigenvalue weighted by molar-refractivity contribution is 7.99. The summed E-state index contributed by atoms with van der Waals surface area (Å²) in [4.78, 5) is 27.7. The van der Waals surface area contributed by atoms with Gasteiger partial charge in [-0.05, 0) is 42.0 Å². The third-order valence-electron chi connectivity index (χ3n) is 6.15. The third-order valence-corrected chi connectivity index (χ3v) is 7.22. The zero-order valence-corrected chi connectivity index (χ0v) is 20.9. The predicted octanol–water partition coefficient (Wildman–Crippen LogP) is 6.81. The van der Waals surface area contributed by atoms with Crippen LogP contribution in [-0.2, 0) is 6.54 Å². The van der Waals surface area contributed by atoms with E-state index in [9.17, 15) is 14.7 Å². The Kier molecular flexibility index (Phi) is 6.19. The summed E-state index contributed by atoms with van der Waals surface area (Å²) in [5.41, 5.74) is 0.283. The highest BCUT2D eigenvalue weighted by Gasteiger charge is 2.23. The molecule has 6 nitrogen and oxygen atoms in total. The molecule has 0 aliphatic carbocycles. The monoisotopic (exact) mass is 519 g/mol. The molecule has 0 atom stereocenters. The van der Waals surface area contributed by atoms with Gasteiger partial charge in [-0.15, -0.1) is 0 Å². The molecule has 38 heavy (non-hydrogen) atoms. The van der Waals surface area contributed by atoms with Crippen LogP contribution in [0.25, 0.3) is 21.9 Å². The fraction of sp³-hybridized carbons (Fsp3) is 0.0323. The van der Waals surface area contributed by atoms with Gasteiger partial charge in [0.15, 0.2) is 11.3 Å². The second-order valence-corrected chi connectivity index (χ2v) is 9.74. The molecule has 0 saturated carbocycles. The molecule has 0 spiro atoms. The van der Waals surface area contributed by atoms with Crippen molar-refractivity contribution in [3.05, 3.63) is 136 Å². The summed E-state index contributed by atoms with van der Waals surface area (Å²) in [6.45, 7) is 0.251. The first-order valence-electron chi connectivity index (χ1n) is 11.9. The molecule has 0 bridgehead atoms. The molecule has 4 aromatic carbocycles. The Bertz CT molecular complexity index is 1880. The van der Waals surface area contributed by atoms with E-state index in [2.05, 4.69) is 0 Å². The number of hydrogen-bond acceptors (Lipinski definition) is 6. The van der Waals surface area contributed by atoms with Crippen LogP contribution in [0.3, 0.4) is 0 Å². The van der Waals surface area contributed by atoms with E-state index >= 15 is 0 Å². The maximum absolute atomic E-state index is 13.9. The zero-order chi connectivity index (χ0) is 26.1. The minimum Gasteiger partial charge on any atom is -0.505 e. The first-order chi connectivity index (χ1) is 18.6. The lowest BCUT2D eigenvalue weighted by Gasteiger charge is -2.15. The first-order valence-corrected chi connectivity index (χ1v) is 12.8. The van der Waals surface area contributed by atoms with E-state index < -0.39 is 11.2 Å². The second-order valence-electron chi connectivity index (χ2n) is 8.66. The van der Waals surface area contributed by atoms with E-state index in [4.69, 9.17) is 9.15 Å². The highest BCUT2D eigenvalue weighted by atomic mass is 32.2. The number of hydrogen-bond donors (Lipinski definition) is 1. The van der Waals surface area contributed by atoms with Gasteiger partial charge in [-0.3, -0.25) is 4.79 Å². The number of benzene rings is 4. The van der Waals surface area contributed by atoms with Crippen LogP contribution >= 0.6 is 11.8 Å². The largest absolute Gasteiger partial charge is 0.505 e. The van der Waals surface area contributed by atoms with Crippen LogP contribution in [0, 0.1) is 0 Å². The van der Waals surface area contributed by atoms with Gasteiger partial charge in [-0.25, -0.2) is 4.79 Å². The molecule has 0 amide bonds. The smallest absolute Gasteiger partial charge is 0.354 e. The number of fused-ring (bicyclic) bond motifs is 3. The number of pyridine rings is 1. The van der Waals surface area contributed by atoms with Crippen molar-refractivity contribution in [3.63, 3.8) is 0 Å².